The molecule has 0 aliphatic rings. The zero-order chi connectivity index (χ0) is 8.15. The number of carbonyl (C=O) groups excluding carboxylic acids is 1. The Labute approximate surface area is 56.6 Å². The molecule has 6 heteroatoms. The average Bonchev–Trinajstić information content (AvgIpc) is 1.81. The van der Waals surface area contributed by atoms with E-state index in [4.69, 9.17) is 5.11 Å². The van der Waals surface area contributed by atoms with Crippen molar-refractivity contribution in [1.82, 2.24) is 5.48 Å². The van der Waals surface area contributed by atoms with Crippen LogP contribution in [0.5, 0.6) is 0 Å². The minimum atomic E-state index is -1.42. The van der Waals surface area contributed by atoms with Crippen LogP contribution < -0.4 is 11.2 Å². The molecule has 10 heavy (non-hydrogen) atoms. The van der Waals surface area contributed by atoms with Gasteiger partial charge in [0.1, 0.15) is 6.04 Å². The lowest BCUT2D eigenvalue weighted by atomic mass is 10.2. The minimum absolute atomic E-state index is 0.487. The quantitative estimate of drug-likeness (QED) is 0.414. The summed E-state index contributed by atoms with van der Waals surface area (Å²) in [5.74, 6) is -2.20. The lowest BCUT2D eigenvalue weighted by molar-refractivity contribution is -0.140. The Morgan fingerprint density at radius 3 is 2.30 bits per heavy atom. The first-order chi connectivity index (χ1) is 4.57. The molecule has 4 N–H and O–H groups in total. The van der Waals surface area contributed by atoms with E-state index in [1.807, 2.05) is 0 Å². The Morgan fingerprint density at radius 2 is 2.20 bits per heavy atom. The van der Waals surface area contributed by atoms with E-state index in [1.165, 1.54) is 5.48 Å². The first-order valence-corrected chi connectivity index (χ1v) is 2.46. The largest absolute Gasteiger partial charge is 0.787 e. The van der Waals surface area contributed by atoms with Gasteiger partial charge in [0, 0.05) is 0 Å². The van der Waals surface area contributed by atoms with Gasteiger partial charge in [0.2, 0.25) is 5.91 Å². The smallest absolute Gasteiger partial charge is 0.320 e. The minimum Gasteiger partial charge on any atom is -0.787 e. The molecule has 0 heterocycles. The predicted octanol–water partition coefficient (Wildman–Crippen LogP) is -1.60. The van der Waals surface area contributed by atoms with Crippen molar-refractivity contribution in [1.29, 1.82) is 0 Å². The SMILES string of the molecule is NC(=O)C[C@H](N[O-])C(=O)O. The fourth-order valence-electron chi connectivity index (χ4n) is 0.381. The van der Waals surface area contributed by atoms with Gasteiger partial charge in [-0.05, 0) is 0 Å². The molecule has 1 atom stereocenters. The molecule has 0 saturated carbocycles. The third-order valence-electron chi connectivity index (χ3n) is 0.846. The van der Waals surface area contributed by atoms with Crippen LogP contribution in [0.15, 0.2) is 0 Å². The van der Waals surface area contributed by atoms with Crippen LogP contribution in [0.3, 0.4) is 0 Å². The van der Waals surface area contributed by atoms with Gasteiger partial charge in [-0.25, -0.2) is 0 Å². The van der Waals surface area contributed by atoms with E-state index in [9.17, 15) is 14.8 Å². The Hall–Kier alpha value is -1.14. The molecule has 0 rings (SSSR count). The molecular weight excluding hydrogens is 140 g/mol. The lowest BCUT2D eigenvalue weighted by Gasteiger charge is -2.15. The number of hydroxylamine groups is 1. The lowest BCUT2D eigenvalue weighted by Crippen LogP contribution is -2.36. The van der Waals surface area contributed by atoms with Gasteiger partial charge in [0.25, 0.3) is 0 Å². The Kier molecular flexibility index (Phi) is 3.37. The number of carboxylic acid groups (broad SMARTS) is 1. The Balaban J connectivity index is 3.83. The summed E-state index contributed by atoms with van der Waals surface area (Å²) in [7, 11) is 0. The highest BCUT2D eigenvalue weighted by molar-refractivity contribution is 5.83. The molecule has 0 fully saturated rings. The highest BCUT2D eigenvalue weighted by atomic mass is 16.5. The first-order valence-electron chi connectivity index (χ1n) is 2.46. The number of aliphatic carboxylic acids is 1. The summed E-state index contributed by atoms with van der Waals surface area (Å²) >= 11 is 0. The molecule has 0 saturated heterocycles. The summed E-state index contributed by atoms with van der Waals surface area (Å²) < 4.78 is 0. The number of hydrogen-bond acceptors (Lipinski definition) is 4. The second kappa shape index (κ2) is 3.80. The summed E-state index contributed by atoms with van der Waals surface area (Å²) in [4.78, 5) is 20.0. The number of rotatable bonds is 4. The molecule has 0 aromatic heterocycles. The molecule has 1 amide bonds. The van der Waals surface area contributed by atoms with Gasteiger partial charge >= 0.3 is 5.97 Å². The van der Waals surface area contributed by atoms with Crippen LogP contribution in [0, 0.1) is 5.21 Å². The van der Waals surface area contributed by atoms with Crippen LogP contribution in [0.4, 0.5) is 0 Å². The van der Waals surface area contributed by atoms with Gasteiger partial charge in [-0.2, -0.15) is 0 Å². The number of hydrogen-bond donors (Lipinski definition) is 3. The molecular formula is C4H7N2O4-. The fourth-order valence-corrected chi connectivity index (χ4v) is 0.381. The molecule has 58 valence electrons. The molecule has 0 bridgehead atoms. The van der Waals surface area contributed by atoms with Crippen molar-refractivity contribution in [2.45, 2.75) is 12.5 Å². The van der Waals surface area contributed by atoms with Crippen molar-refractivity contribution >= 4 is 11.9 Å². The van der Waals surface area contributed by atoms with Gasteiger partial charge < -0.3 is 21.5 Å². The van der Waals surface area contributed by atoms with E-state index in [0.717, 1.165) is 0 Å². The maximum Gasteiger partial charge on any atom is 0.320 e. The van der Waals surface area contributed by atoms with Crippen molar-refractivity contribution < 1.29 is 14.7 Å². The summed E-state index contributed by atoms with van der Waals surface area (Å²) in [5, 5.41) is 17.9. The maximum atomic E-state index is 10.1. The maximum absolute atomic E-state index is 10.1. The number of nitrogens with one attached hydrogen (secondary N) is 1. The molecule has 0 aromatic carbocycles. The fraction of sp³-hybridized carbons (Fsp3) is 0.500. The molecule has 0 aliphatic heterocycles. The van der Waals surface area contributed by atoms with E-state index in [0.29, 0.717) is 0 Å². The second-order valence-corrected chi connectivity index (χ2v) is 1.68. The molecule has 0 radical (unpaired) electrons. The van der Waals surface area contributed by atoms with Gasteiger partial charge in [0.05, 0.1) is 6.42 Å². The van der Waals surface area contributed by atoms with E-state index in [-0.39, 0.29) is 0 Å². The van der Waals surface area contributed by atoms with E-state index >= 15 is 0 Å². The standard InChI is InChI=1S/C4H7N2O4/c5-3(7)1-2(6-10)4(8)9/h2,6H,1H2,(H2,5,7)(H,8,9)/q-1/t2-/m0/s1. The summed E-state index contributed by atoms with van der Waals surface area (Å²) in [5.41, 5.74) is 5.81. The number of primary amides is 1. The predicted molar refractivity (Wildman–Crippen MR) is 31.7 cm³/mol. The van der Waals surface area contributed by atoms with Crippen molar-refractivity contribution in [3.63, 3.8) is 0 Å². The van der Waals surface area contributed by atoms with Crippen LogP contribution in [0.1, 0.15) is 6.42 Å². The summed E-state index contributed by atoms with van der Waals surface area (Å²) in [6, 6.07) is -1.42. The van der Waals surface area contributed by atoms with Crippen molar-refractivity contribution in [2.75, 3.05) is 0 Å². The Morgan fingerprint density at radius 1 is 1.70 bits per heavy atom. The molecule has 0 aromatic rings. The number of nitrogens with two attached hydrogens (primary N) is 1. The molecule has 0 aliphatic carbocycles. The normalized spacial score (nSPS) is 12.5. The third-order valence-corrected chi connectivity index (χ3v) is 0.846. The van der Waals surface area contributed by atoms with Gasteiger partial charge in [-0.3, -0.25) is 9.59 Å². The average molecular weight is 147 g/mol. The van der Waals surface area contributed by atoms with E-state index in [2.05, 4.69) is 5.73 Å². The van der Waals surface area contributed by atoms with Gasteiger partial charge in [0.15, 0.2) is 0 Å². The van der Waals surface area contributed by atoms with Crippen LogP contribution in [0.25, 0.3) is 0 Å². The van der Waals surface area contributed by atoms with Crippen LogP contribution in [-0.2, 0) is 9.59 Å². The third kappa shape index (κ3) is 3.00. The van der Waals surface area contributed by atoms with Crippen molar-refractivity contribution in [3.8, 4) is 0 Å². The highest BCUT2D eigenvalue weighted by Gasteiger charge is 2.14. The summed E-state index contributed by atoms with van der Waals surface area (Å²) in [6.07, 6.45) is -0.487. The van der Waals surface area contributed by atoms with Crippen LogP contribution in [0.2, 0.25) is 0 Å². The summed E-state index contributed by atoms with van der Waals surface area (Å²) in [6.45, 7) is 0. The monoisotopic (exact) mass is 147 g/mol. The van der Waals surface area contributed by atoms with E-state index in [1.54, 1.807) is 0 Å². The number of amides is 1. The molecule has 0 unspecified atom stereocenters. The second-order valence-electron chi connectivity index (χ2n) is 1.68. The van der Waals surface area contributed by atoms with Gasteiger partial charge in [-0.15, -0.1) is 0 Å². The van der Waals surface area contributed by atoms with Crippen molar-refractivity contribution in [3.05, 3.63) is 5.21 Å². The van der Waals surface area contributed by atoms with Crippen LogP contribution in [-0.4, -0.2) is 23.0 Å². The van der Waals surface area contributed by atoms with Crippen LogP contribution >= 0.6 is 0 Å². The molecule has 0 spiro atoms. The van der Waals surface area contributed by atoms with E-state index < -0.39 is 24.3 Å². The van der Waals surface area contributed by atoms with Gasteiger partial charge in [-0.1, -0.05) is 0 Å². The number of carboxylic acids is 1. The Bertz CT molecular complexity index is 146. The highest BCUT2D eigenvalue weighted by Crippen LogP contribution is 1.89. The molecule has 6 nitrogen and oxygen atoms in total. The number of carbonyl (C=O) groups is 2. The van der Waals surface area contributed by atoms with Crippen molar-refractivity contribution in [2.24, 2.45) is 5.73 Å². The zero-order valence-corrected chi connectivity index (χ0v) is 5.03. The topological polar surface area (TPSA) is 115 Å². The zero-order valence-electron chi connectivity index (χ0n) is 5.03. The first kappa shape index (κ1) is 8.86.